The van der Waals surface area contributed by atoms with E-state index in [1.165, 1.54) is 0 Å². The van der Waals surface area contributed by atoms with Crippen LogP contribution in [-0.4, -0.2) is 43.0 Å². The molecule has 116 valence electrons. The smallest absolute Gasteiger partial charge is 0.221 e. The molecule has 0 radical (unpaired) electrons. The van der Waals surface area contributed by atoms with Crippen molar-refractivity contribution in [2.45, 2.75) is 0 Å². The molecule has 0 bridgehead atoms. The molecule has 1 aliphatic rings. The summed E-state index contributed by atoms with van der Waals surface area (Å²) in [6.07, 6.45) is 1.60. The maximum absolute atomic E-state index is 11.5. The summed E-state index contributed by atoms with van der Waals surface area (Å²) in [6.45, 7) is 1.05. The molecule has 0 amide bonds. The number of sulfone groups is 1. The lowest BCUT2D eigenvalue weighted by molar-refractivity contribution is 0.587. The average Bonchev–Trinajstić information content (AvgIpc) is 2.48. The minimum Gasteiger partial charge on any atom is -0.383 e. The molecule has 1 saturated heterocycles. The van der Waals surface area contributed by atoms with E-state index in [0.717, 1.165) is 16.8 Å². The van der Waals surface area contributed by atoms with Gasteiger partial charge in [-0.05, 0) is 17.7 Å². The molecule has 1 aliphatic heterocycles. The number of anilines is 3. The van der Waals surface area contributed by atoms with Crippen LogP contribution in [0.15, 0.2) is 30.5 Å². The summed E-state index contributed by atoms with van der Waals surface area (Å²) in [5.74, 6) is 0.887. The fourth-order valence-corrected chi connectivity index (χ4v) is 3.66. The van der Waals surface area contributed by atoms with E-state index in [9.17, 15) is 8.42 Å². The van der Waals surface area contributed by atoms with Crippen molar-refractivity contribution in [3.8, 4) is 11.1 Å². The van der Waals surface area contributed by atoms with Gasteiger partial charge in [-0.1, -0.05) is 12.1 Å². The van der Waals surface area contributed by atoms with Crippen LogP contribution in [0, 0.1) is 0 Å². The Bertz CT molecular complexity index is 775. The molecule has 2 aromatic rings. The van der Waals surface area contributed by atoms with Gasteiger partial charge in [0.25, 0.3) is 0 Å². The van der Waals surface area contributed by atoms with Gasteiger partial charge in [0, 0.05) is 30.5 Å². The zero-order valence-corrected chi connectivity index (χ0v) is 12.8. The Hall–Kier alpha value is -2.35. The summed E-state index contributed by atoms with van der Waals surface area (Å²) in [7, 11) is -2.87. The van der Waals surface area contributed by atoms with Crippen LogP contribution in [0.25, 0.3) is 11.1 Å². The van der Waals surface area contributed by atoms with Crippen molar-refractivity contribution in [1.82, 2.24) is 9.97 Å². The predicted octanol–water partition coefficient (Wildman–Crippen LogP) is 0.543. The Labute approximate surface area is 128 Å². The molecule has 1 aromatic heterocycles. The van der Waals surface area contributed by atoms with E-state index in [2.05, 4.69) is 14.9 Å². The van der Waals surface area contributed by atoms with Gasteiger partial charge >= 0.3 is 0 Å². The first-order valence-electron chi connectivity index (χ1n) is 6.88. The van der Waals surface area contributed by atoms with Crippen molar-refractivity contribution < 1.29 is 8.42 Å². The molecule has 0 atom stereocenters. The van der Waals surface area contributed by atoms with Crippen molar-refractivity contribution in [3.05, 3.63) is 30.5 Å². The highest BCUT2D eigenvalue weighted by molar-refractivity contribution is 7.91. The Morgan fingerprint density at radius 1 is 1.05 bits per heavy atom. The molecule has 0 spiro atoms. The van der Waals surface area contributed by atoms with Crippen molar-refractivity contribution in [1.29, 1.82) is 0 Å². The summed E-state index contributed by atoms with van der Waals surface area (Å²) in [6, 6.07) is 7.74. The van der Waals surface area contributed by atoms with E-state index in [1.807, 2.05) is 24.3 Å². The molecule has 7 nitrogen and oxygen atoms in total. The molecule has 0 saturated carbocycles. The van der Waals surface area contributed by atoms with Gasteiger partial charge in [-0.25, -0.2) is 13.4 Å². The topological polar surface area (TPSA) is 115 Å². The van der Waals surface area contributed by atoms with E-state index in [0.29, 0.717) is 18.9 Å². The van der Waals surface area contributed by atoms with Crippen LogP contribution in [-0.2, 0) is 9.84 Å². The Morgan fingerprint density at radius 2 is 1.68 bits per heavy atom. The van der Waals surface area contributed by atoms with E-state index < -0.39 is 9.84 Å². The first-order valence-corrected chi connectivity index (χ1v) is 8.70. The van der Waals surface area contributed by atoms with Gasteiger partial charge in [-0.2, -0.15) is 4.98 Å². The van der Waals surface area contributed by atoms with Crippen molar-refractivity contribution in [2.75, 3.05) is 41.0 Å². The quantitative estimate of drug-likeness (QED) is 0.830. The number of benzene rings is 1. The Morgan fingerprint density at radius 3 is 2.27 bits per heavy atom. The van der Waals surface area contributed by atoms with Crippen LogP contribution in [0.2, 0.25) is 0 Å². The highest BCUT2D eigenvalue weighted by Gasteiger charge is 2.21. The van der Waals surface area contributed by atoms with Gasteiger partial charge in [0.05, 0.1) is 11.5 Å². The summed E-state index contributed by atoms with van der Waals surface area (Å²) in [5, 5.41) is 0. The number of hydrogen-bond donors (Lipinski definition) is 2. The number of hydrogen-bond acceptors (Lipinski definition) is 7. The van der Waals surface area contributed by atoms with Crippen LogP contribution >= 0.6 is 0 Å². The lowest BCUT2D eigenvalue weighted by atomic mass is 10.1. The molecular weight excluding hydrogens is 302 g/mol. The largest absolute Gasteiger partial charge is 0.383 e. The van der Waals surface area contributed by atoms with Gasteiger partial charge in [0.2, 0.25) is 5.95 Å². The fourth-order valence-electron chi connectivity index (χ4n) is 2.45. The molecule has 22 heavy (non-hydrogen) atoms. The lowest BCUT2D eigenvalue weighted by Gasteiger charge is -2.28. The standard InChI is InChI=1S/C14H17N5O2S/c15-13-12(9-17-14(16)18-13)10-1-3-11(4-2-10)19-5-7-22(20,21)8-6-19/h1-4,9H,5-8H2,(H4,15,16,17,18). The maximum atomic E-state index is 11.5. The van der Waals surface area contributed by atoms with Gasteiger partial charge in [0.1, 0.15) is 5.82 Å². The monoisotopic (exact) mass is 319 g/mol. The molecule has 0 aliphatic carbocycles. The average molecular weight is 319 g/mol. The highest BCUT2D eigenvalue weighted by Crippen LogP contribution is 2.27. The molecule has 1 fully saturated rings. The zero-order chi connectivity index (χ0) is 15.7. The number of rotatable bonds is 2. The van der Waals surface area contributed by atoms with Gasteiger partial charge in [-0.15, -0.1) is 0 Å². The molecule has 4 N–H and O–H groups in total. The van der Waals surface area contributed by atoms with Crippen LogP contribution in [0.3, 0.4) is 0 Å². The summed E-state index contributed by atoms with van der Waals surface area (Å²) >= 11 is 0. The molecule has 1 aromatic carbocycles. The number of aromatic nitrogens is 2. The molecule has 0 unspecified atom stereocenters. The van der Waals surface area contributed by atoms with Crippen LogP contribution < -0.4 is 16.4 Å². The van der Waals surface area contributed by atoms with Crippen LogP contribution in [0.4, 0.5) is 17.5 Å². The van der Waals surface area contributed by atoms with Gasteiger partial charge in [-0.3, -0.25) is 0 Å². The van der Waals surface area contributed by atoms with Crippen LogP contribution in [0.1, 0.15) is 0 Å². The predicted molar refractivity (Wildman–Crippen MR) is 87.2 cm³/mol. The number of nitrogens with zero attached hydrogens (tertiary/aromatic N) is 3. The molecule has 2 heterocycles. The van der Waals surface area contributed by atoms with Crippen molar-refractivity contribution >= 4 is 27.3 Å². The highest BCUT2D eigenvalue weighted by atomic mass is 32.2. The second-order valence-corrected chi connectivity index (χ2v) is 7.52. The maximum Gasteiger partial charge on any atom is 0.221 e. The van der Waals surface area contributed by atoms with E-state index in [1.54, 1.807) is 6.20 Å². The third-order valence-electron chi connectivity index (χ3n) is 3.72. The van der Waals surface area contributed by atoms with Crippen molar-refractivity contribution in [2.24, 2.45) is 0 Å². The number of nitrogen functional groups attached to an aromatic ring is 2. The van der Waals surface area contributed by atoms with Crippen LogP contribution in [0.5, 0.6) is 0 Å². The first kappa shape index (κ1) is 14.6. The van der Waals surface area contributed by atoms with Gasteiger partial charge < -0.3 is 16.4 Å². The molecule has 3 rings (SSSR count). The third kappa shape index (κ3) is 2.96. The van der Waals surface area contributed by atoms with E-state index in [-0.39, 0.29) is 17.5 Å². The van der Waals surface area contributed by atoms with E-state index in [4.69, 9.17) is 11.5 Å². The second kappa shape index (κ2) is 5.45. The minimum absolute atomic E-state index is 0.146. The fraction of sp³-hybridized carbons (Fsp3) is 0.286. The summed E-state index contributed by atoms with van der Waals surface area (Å²) < 4.78 is 22.9. The molecule has 8 heteroatoms. The lowest BCUT2D eigenvalue weighted by Crippen LogP contribution is -2.40. The number of nitrogens with two attached hydrogens (primary N) is 2. The van der Waals surface area contributed by atoms with Crippen molar-refractivity contribution in [3.63, 3.8) is 0 Å². The van der Waals surface area contributed by atoms with Gasteiger partial charge in [0.15, 0.2) is 9.84 Å². The first-order chi connectivity index (χ1) is 10.4. The normalized spacial score (nSPS) is 17.4. The summed E-state index contributed by atoms with van der Waals surface area (Å²) in [4.78, 5) is 9.96. The summed E-state index contributed by atoms with van der Waals surface area (Å²) in [5.41, 5.74) is 14.0. The Kier molecular flexibility index (Phi) is 3.61. The zero-order valence-electron chi connectivity index (χ0n) is 11.9. The SMILES string of the molecule is Nc1ncc(-c2ccc(N3CCS(=O)(=O)CC3)cc2)c(N)n1. The Balaban J connectivity index is 1.81. The molecular formula is C14H17N5O2S. The third-order valence-corrected chi connectivity index (χ3v) is 5.33. The second-order valence-electron chi connectivity index (χ2n) is 5.21. The minimum atomic E-state index is -2.87. The van der Waals surface area contributed by atoms with E-state index >= 15 is 0 Å².